The van der Waals surface area contributed by atoms with E-state index in [2.05, 4.69) is 5.32 Å². The molecule has 4 rings (SSSR count). The first-order valence-corrected chi connectivity index (χ1v) is 9.48. The van der Waals surface area contributed by atoms with E-state index in [1.807, 2.05) is 6.08 Å². The average molecular weight is 392 g/mol. The Hall–Kier alpha value is -3.41. The van der Waals surface area contributed by atoms with E-state index in [4.69, 9.17) is 4.74 Å². The molecule has 1 aliphatic rings. The SMILES string of the molecule is COc1ccn2cc(C(C)=O)c(C(=O)Nc3cccc(C4=CCCC4)c3F)c2c1. The van der Waals surface area contributed by atoms with E-state index in [-0.39, 0.29) is 22.6 Å². The molecule has 6 heteroatoms. The van der Waals surface area contributed by atoms with Crippen molar-refractivity contribution in [2.45, 2.75) is 26.2 Å². The Balaban J connectivity index is 1.76. The predicted octanol–water partition coefficient (Wildman–Crippen LogP) is 5.11. The number of rotatable bonds is 5. The van der Waals surface area contributed by atoms with Crippen LogP contribution in [0, 0.1) is 5.82 Å². The fourth-order valence-electron chi connectivity index (χ4n) is 3.76. The number of pyridine rings is 1. The van der Waals surface area contributed by atoms with Crippen molar-refractivity contribution in [2.24, 2.45) is 0 Å². The number of fused-ring (bicyclic) bond motifs is 1. The van der Waals surface area contributed by atoms with Crippen LogP contribution in [0.2, 0.25) is 0 Å². The van der Waals surface area contributed by atoms with E-state index >= 15 is 4.39 Å². The maximum Gasteiger partial charge on any atom is 0.258 e. The molecule has 0 saturated carbocycles. The molecule has 0 unspecified atom stereocenters. The van der Waals surface area contributed by atoms with Gasteiger partial charge >= 0.3 is 0 Å². The smallest absolute Gasteiger partial charge is 0.258 e. The third-order valence-corrected chi connectivity index (χ3v) is 5.23. The van der Waals surface area contributed by atoms with Gasteiger partial charge in [0.15, 0.2) is 11.6 Å². The molecule has 0 radical (unpaired) electrons. The van der Waals surface area contributed by atoms with Crippen LogP contribution >= 0.6 is 0 Å². The van der Waals surface area contributed by atoms with Crippen LogP contribution < -0.4 is 10.1 Å². The van der Waals surface area contributed by atoms with Gasteiger partial charge in [0.25, 0.3) is 5.91 Å². The summed E-state index contributed by atoms with van der Waals surface area (Å²) in [7, 11) is 1.53. The Morgan fingerprint density at radius 2 is 2.07 bits per heavy atom. The standard InChI is InChI=1S/C23H21FN2O3/c1-14(27)18-13-26-11-10-16(29-2)12-20(26)21(18)23(28)25-19-9-5-8-17(22(19)24)15-6-3-4-7-15/h5-6,8-13H,3-4,7H2,1-2H3,(H,25,28). The number of ether oxygens (including phenoxy) is 1. The first-order valence-electron chi connectivity index (χ1n) is 9.48. The highest BCUT2D eigenvalue weighted by atomic mass is 19.1. The summed E-state index contributed by atoms with van der Waals surface area (Å²) < 4.78 is 22.0. The fraction of sp³-hybridized carbons (Fsp3) is 0.217. The van der Waals surface area contributed by atoms with Gasteiger partial charge in [0.1, 0.15) is 5.75 Å². The number of hydrogen-bond donors (Lipinski definition) is 1. The van der Waals surface area contributed by atoms with E-state index in [1.165, 1.54) is 20.1 Å². The van der Waals surface area contributed by atoms with Crippen molar-refractivity contribution in [2.75, 3.05) is 12.4 Å². The number of ketones is 1. The molecular weight excluding hydrogens is 371 g/mol. The molecular formula is C23H21FN2O3. The van der Waals surface area contributed by atoms with Gasteiger partial charge in [0.2, 0.25) is 0 Å². The zero-order valence-corrected chi connectivity index (χ0v) is 16.3. The summed E-state index contributed by atoms with van der Waals surface area (Å²) in [6.45, 7) is 1.40. The van der Waals surface area contributed by atoms with E-state index in [0.717, 1.165) is 24.8 Å². The summed E-state index contributed by atoms with van der Waals surface area (Å²) in [4.78, 5) is 25.2. The number of anilines is 1. The number of benzene rings is 1. The monoisotopic (exact) mass is 392 g/mol. The molecule has 5 nitrogen and oxygen atoms in total. The van der Waals surface area contributed by atoms with Crippen LogP contribution in [0.3, 0.4) is 0 Å². The summed E-state index contributed by atoms with van der Waals surface area (Å²) in [6.07, 6.45) is 8.11. The van der Waals surface area contributed by atoms with Gasteiger partial charge in [0.05, 0.1) is 23.9 Å². The van der Waals surface area contributed by atoms with E-state index in [0.29, 0.717) is 16.8 Å². The normalized spacial score (nSPS) is 13.4. The molecule has 0 aliphatic heterocycles. The van der Waals surface area contributed by atoms with Crippen molar-refractivity contribution in [3.63, 3.8) is 0 Å². The number of allylic oxidation sites excluding steroid dienone is 2. The van der Waals surface area contributed by atoms with Gasteiger partial charge < -0.3 is 14.5 Å². The molecule has 2 heterocycles. The zero-order chi connectivity index (χ0) is 20.5. The largest absolute Gasteiger partial charge is 0.497 e. The number of carbonyl (C=O) groups is 2. The van der Waals surface area contributed by atoms with E-state index in [1.54, 1.807) is 41.1 Å². The number of halogens is 1. The minimum Gasteiger partial charge on any atom is -0.497 e. The van der Waals surface area contributed by atoms with Crippen LogP contribution in [0.15, 0.2) is 48.8 Å². The summed E-state index contributed by atoms with van der Waals surface area (Å²) in [5.41, 5.74) is 2.55. The number of carbonyl (C=O) groups excluding carboxylic acids is 2. The van der Waals surface area contributed by atoms with Crippen LogP contribution in [0.5, 0.6) is 5.75 Å². The fourth-order valence-corrected chi connectivity index (χ4v) is 3.76. The Labute approximate surface area is 167 Å². The molecule has 0 spiro atoms. The third kappa shape index (κ3) is 3.42. The quantitative estimate of drug-likeness (QED) is 0.614. The van der Waals surface area contributed by atoms with Crippen molar-refractivity contribution in [3.05, 3.63) is 71.3 Å². The van der Waals surface area contributed by atoms with Gasteiger partial charge in [-0.15, -0.1) is 0 Å². The predicted molar refractivity (Wildman–Crippen MR) is 110 cm³/mol. The first kappa shape index (κ1) is 18.9. The maximum absolute atomic E-state index is 15.1. The number of hydrogen-bond acceptors (Lipinski definition) is 3. The Morgan fingerprint density at radius 1 is 1.24 bits per heavy atom. The molecule has 29 heavy (non-hydrogen) atoms. The minimum absolute atomic E-state index is 0.0945. The van der Waals surface area contributed by atoms with Gasteiger partial charge in [-0.2, -0.15) is 0 Å². The molecule has 1 aromatic carbocycles. The topological polar surface area (TPSA) is 59.8 Å². The Morgan fingerprint density at radius 3 is 2.76 bits per heavy atom. The summed E-state index contributed by atoms with van der Waals surface area (Å²) in [5.74, 6) is -0.689. The van der Waals surface area contributed by atoms with Crippen molar-refractivity contribution >= 4 is 28.5 Å². The van der Waals surface area contributed by atoms with Crippen LogP contribution in [-0.2, 0) is 0 Å². The highest BCUT2D eigenvalue weighted by Gasteiger charge is 2.23. The Bertz CT molecular complexity index is 1160. The molecule has 2 aromatic heterocycles. The summed E-state index contributed by atoms with van der Waals surface area (Å²) >= 11 is 0. The summed E-state index contributed by atoms with van der Waals surface area (Å²) in [5, 5.41) is 2.65. The molecule has 0 bridgehead atoms. The second kappa shape index (κ2) is 7.54. The van der Waals surface area contributed by atoms with Crippen molar-refractivity contribution in [1.82, 2.24) is 4.40 Å². The third-order valence-electron chi connectivity index (χ3n) is 5.23. The minimum atomic E-state index is -0.539. The lowest BCUT2D eigenvalue weighted by molar-refractivity contribution is 0.0987. The number of aromatic nitrogens is 1. The van der Waals surface area contributed by atoms with Crippen molar-refractivity contribution in [3.8, 4) is 5.75 Å². The maximum atomic E-state index is 15.1. The lowest BCUT2D eigenvalue weighted by Crippen LogP contribution is -2.16. The zero-order valence-electron chi connectivity index (χ0n) is 16.3. The molecule has 148 valence electrons. The van der Waals surface area contributed by atoms with Crippen molar-refractivity contribution in [1.29, 1.82) is 0 Å². The number of methoxy groups -OCH3 is 1. The average Bonchev–Trinajstić information content (AvgIpc) is 3.36. The van der Waals surface area contributed by atoms with Crippen LogP contribution in [0.25, 0.3) is 11.1 Å². The van der Waals surface area contributed by atoms with Crippen LogP contribution in [-0.4, -0.2) is 23.2 Å². The Kier molecular flexibility index (Phi) is 4.92. The second-order valence-electron chi connectivity index (χ2n) is 7.08. The molecule has 0 atom stereocenters. The van der Waals surface area contributed by atoms with E-state index in [9.17, 15) is 9.59 Å². The number of nitrogens with zero attached hydrogens (tertiary/aromatic N) is 1. The van der Waals surface area contributed by atoms with Crippen LogP contribution in [0.1, 0.15) is 52.5 Å². The van der Waals surface area contributed by atoms with Crippen molar-refractivity contribution < 1.29 is 18.7 Å². The lowest BCUT2D eigenvalue weighted by atomic mass is 10.0. The lowest BCUT2D eigenvalue weighted by Gasteiger charge is -2.11. The molecule has 0 fully saturated rings. The molecule has 1 amide bonds. The van der Waals surface area contributed by atoms with Gasteiger partial charge in [-0.3, -0.25) is 9.59 Å². The first-order chi connectivity index (χ1) is 14.0. The highest BCUT2D eigenvalue weighted by molar-refractivity contribution is 6.16. The molecule has 1 N–H and O–H groups in total. The molecule has 0 saturated heterocycles. The van der Waals surface area contributed by atoms with E-state index < -0.39 is 11.7 Å². The van der Waals surface area contributed by atoms with Crippen LogP contribution in [0.4, 0.5) is 10.1 Å². The number of nitrogens with one attached hydrogen (secondary N) is 1. The number of amides is 1. The van der Waals surface area contributed by atoms with Gasteiger partial charge in [-0.05, 0) is 43.9 Å². The second-order valence-corrected chi connectivity index (χ2v) is 7.08. The molecule has 1 aliphatic carbocycles. The summed E-state index contributed by atoms with van der Waals surface area (Å²) in [6, 6.07) is 8.38. The highest BCUT2D eigenvalue weighted by Crippen LogP contribution is 2.32. The van der Waals surface area contributed by atoms with Gasteiger partial charge in [-0.1, -0.05) is 18.2 Å². The van der Waals surface area contributed by atoms with Gasteiger partial charge in [0, 0.05) is 29.6 Å². The number of Topliss-reactive ketones (excluding diaryl/α,β-unsaturated/α-hetero) is 1. The van der Waals surface area contributed by atoms with Gasteiger partial charge in [-0.25, -0.2) is 4.39 Å². The molecule has 3 aromatic rings.